The summed E-state index contributed by atoms with van der Waals surface area (Å²) in [5.41, 5.74) is 3.36. The Labute approximate surface area is 84.9 Å². The van der Waals surface area contributed by atoms with Gasteiger partial charge in [0.05, 0.1) is 0 Å². The minimum atomic E-state index is 0.580. The zero-order chi connectivity index (χ0) is 9.97. The maximum Gasteiger partial charge on any atom is 0.0398 e. The molecule has 0 bridgehead atoms. The minimum Gasteiger partial charge on any atom is -0.381 e. The third-order valence-electron chi connectivity index (χ3n) is 2.51. The van der Waals surface area contributed by atoms with Crippen LogP contribution in [0.4, 0.5) is 5.69 Å². The van der Waals surface area contributed by atoms with Gasteiger partial charge in [0, 0.05) is 29.7 Å². The average Bonchev–Trinajstić information content (AvgIpc) is 2.54. The topological polar surface area (TPSA) is 37.0 Å². The smallest absolute Gasteiger partial charge is 0.0398 e. The lowest BCUT2D eigenvalue weighted by Crippen LogP contribution is -2.22. The largest absolute Gasteiger partial charge is 0.381 e. The maximum absolute atomic E-state index is 4.35. The molecule has 1 aliphatic rings. The van der Waals surface area contributed by atoms with E-state index in [1.807, 2.05) is 13.8 Å². The number of nitrogens with one attached hydrogen (secondary N) is 2. The second-order valence-electron chi connectivity index (χ2n) is 3.97. The second kappa shape index (κ2) is 3.96. The summed E-state index contributed by atoms with van der Waals surface area (Å²) in [6, 6.07) is 4.78. The molecule has 1 saturated heterocycles. The van der Waals surface area contributed by atoms with Gasteiger partial charge in [0.1, 0.15) is 0 Å². The van der Waals surface area contributed by atoms with Crippen LogP contribution in [-0.2, 0) is 0 Å². The van der Waals surface area contributed by atoms with E-state index in [1.165, 1.54) is 12.1 Å². The number of anilines is 1. The molecule has 3 heteroatoms. The first-order chi connectivity index (χ1) is 6.74. The van der Waals surface area contributed by atoms with E-state index in [9.17, 15) is 0 Å². The van der Waals surface area contributed by atoms with E-state index >= 15 is 0 Å². The van der Waals surface area contributed by atoms with Crippen molar-refractivity contribution in [1.29, 1.82) is 0 Å². The summed E-state index contributed by atoms with van der Waals surface area (Å²) in [6.07, 6.45) is 1.21. The van der Waals surface area contributed by atoms with E-state index < -0.39 is 0 Å². The molecule has 2 heterocycles. The molecule has 3 nitrogen and oxygen atoms in total. The average molecular weight is 191 g/mol. The maximum atomic E-state index is 4.35. The molecule has 0 amide bonds. The number of aromatic nitrogens is 1. The number of aryl methyl sites for hydroxylation is 2. The van der Waals surface area contributed by atoms with Gasteiger partial charge in [-0.15, -0.1) is 0 Å². The van der Waals surface area contributed by atoms with Crippen molar-refractivity contribution in [1.82, 2.24) is 10.3 Å². The summed E-state index contributed by atoms with van der Waals surface area (Å²) in [7, 11) is 0. The highest BCUT2D eigenvalue weighted by Crippen LogP contribution is 2.13. The van der Waals surface area contributed by atoms with Crippen LogP contribution in [0.15, 0.2) is 12.1 Å². The van der Waals surface area contributed by atoms with Gasteiger partial charge in [-0.25, -0.2) is 0 Å². The Balaban J connectivity index is 2.07. The van der Waals surface area contributed by atoms with E-state index in [2.05, 4.69) is 27.8 Å². The van der Waals surface area contributed by atoms with Gasteiger partial charge in [0.2, 0.25) is 0 Å². The highest BCUT2D eigenvalue weighted by Gasteiger charge is 2.13. The first-order valence-electron chi connectivity index (χ1n) is 5.16. The van der Waals surface area contributed by atoms with Crippen molar-refractivity contribution >= 4 is 5.69 Å². The molecule has 0 saturated carbocycles. The van der Waals surface area contributed by atoms with Crippen LogP contribution in [0.25, 0.3) is 0 Å². The number of hydrogen-bond donors (Lipinski definition) is 2. The Kier molecular flexibility index (Phi) is 2.68. The first kappa shape index (κ1) is 9.46. The molecule has 1 aromatic heterocycles. The Bertz CT molecular complexity index is 296. The molecule has 14 heavy (non-hydrogen) atoms. The molecule has 1 aliphatic heterocycles. The van der Waals surface area contributed by atoms with E-state index in [-0.39, 0.29) is 0 Å². The van der Waals surface area contributed by atoms with Gasteiger partial charge < -0.3 is 10.6 Å². The molecule has 1 unspecified atom stereocenters. The highest BCUT2D eigenvalue weighted by atomic mass is 15.0. The number of pyridine rings is 1. The summed E-state index contributed by atoms with van der Waals surface area (Å²) < 4.78 is 0. The molecule has 1 aromatic rings. The van der Waals surface area contributed by atoms with Crippen LogP contribution in [0, 0.1) is 13.8 Å². The molecule has 1 atom stereocenters. The molecule has 0 aromatic carbocycles. The molecule has 0 spiro atoms. The monoisotopic (exact) mass is 191 g/mol. The van der Waals surface area contributed by atoms with Crippen molar-refractivity contribution in [3.63, 3.8) is 0 Å². The molecule has 1 fully saturated rings. The van der Waals surface area contributed by atoms with E-state index in [0.717, 1.165) is 24.5 Å². The van der Waals surface area contributed by atoms with Crippen molar-refractivity contribution in [2.24, 2.45) is 0 Å². The molecular weight excluding hydrogens is 174 g/mol. The van der Waals surface area contributed by atoms with Crippen LogP contribution in [0.1, 0.15) is 17.8 Å². The van der Waals surface area contributed by atoms with Gasteiger partial charge in [-0.3, -0.25) is 4.98 Å². The van der Waals surface area contributed by atoms with Crippen LogP contribution in [0.5, 0.6) is 0 Å². The third-order valence-corrected chi connectivity index (χ3v) is 2.51. The lowest BCUT2D eigenvalue weighted by molar-refractivity contribution is 0.792. The summed E-state index contributed by atoms with van der Waals surface area (Å²) in [6.45, 7) is 6.26. The fourth-order valence-electron chi connectivity index (χ4n) is 1.93. The summed E-state index contributed by atoms with van der Waals surface area (Å²) in [4.78, 5) is 4.35. The molecular formula is C11H17N3. The number of rotatable bonds is 2. The Morgan fingerprint density at radius 1 is 1.36 bits per heavy atom. The lowest BCUT2D eigenvalue weighted by Gasteiger charge is -2.13. The lowest BCUT2D eigenvalue weighted by atomic mass is 10.2. The van der Waals surface area contributed by atoms with Crippen molar-refractivity contribution in [2.45, 2.75) is 26.3 Å². The number of hydrogen-bond acceptors (Lipinski definition) is 3. The van der Waals surface area contributed by atoms with Gasteiger partial charge in [-0.1, -0.05) is 0 Å². The Morgan fingerprint density at radius 3 is 2.64 bits per heavy atom. The van der Waals surface area contributed by atoms with Crippen LogP contribution < -0.4 is 10.6 Å². The normalized spacial score (nSPS) is 21.1. The molecule has 2 N–H and O–H groups in total. The third kappa shape index (κ3) is 2.23. The van der Waals surface area contributed by atoms with Gasteiger partial charge in [0.25, 0.3) is 0 Å². The SMILES string of the molecule is Cc1cc(NC2CCNC2)cc(C)n1. The Morgan fingerprint density at radius 2 is 2.07 bits per heavy atom. The fourth-order valence-corrected chi connectivity index (χ4v) is 1.93. The van der Waals surface area contributed by atoms with Gasteiger partial charge in [0.15, 0.2) is 0 Å². The van der Waals surface area contributed by atoms with Gasteiger partial charge in [-0.05, 0) is 38.9 Å². The fraction of sp³-hybridized carbons (Fsp3) is 0.545. The summed E-state index contributed by atoms with van der Waals surface area (Å²) >= 11 is 0. The minimum absolute atomic E-state index is 0.580. The zero-order valence-corrected chi connectivity index (χ0v) is 8.80. The van der Waals surface area contributed by atoms with Gasteiger partial charge >= 0.3 is 0 Å². The van der Waals surface area contributed by atoms with Crippen molar-refractivity contribution in [2.75, 3.05) is 18.4 Å². The van der Waals surface area contributed by atoms with Crippen LogP contribution in [0.3, 0.4) is 0 Å². The number of nitrogens with zero attached hydrogens (tertiary/aromatic N) is 1. The van der Waals surface area contributed by atoms with Crippen molar-refractivity contribution in [3.8, 4) is 0 Å². The first-order valence-corrected chi connectivity index (χ1v) is 5.16. The molecule has 2 rings (SSSR count). The van der Waals surface area contributed by atoms with Gasteiger partial charge in [-0.2, -0.15) is 0 Å². The van der Waals surface area contributed by atoms with E-state index in [0.29, 0.717) is 6.04 Å². The van der Waals surface area contributed by atoms with Crippen molar-refractivity contribution < 1.29 is 0 Å². The van der Waals surface area contributed by atoms with Crippen LogP contribution >= 0.6 is 0 Å². The van der Waals surface area contributed by atoms with E-state index in [1.54, 1.807) is 0 Å². The van der Waals surface area contributed by atoms with E-state index in [4.69, 9.17) is 0 Å². The van der Waals surface area contributed by atoms with Crippen molar-refractivity contribution in [3.05, 3.63) is 23.5 Å². The second-order valence-corrected chi connectivity index (χ2v) is 3.97. The quantitative estimate of drug-likeness (QED) is 0.743. The standard InChI is InChI=1S/C11H17N3/c1-8-5-11(6-9(2)13-8)14-10-3-4-12-7-10/h5-6,10,12H,3-4,7H2,1-2H3,(H,13,14). The highest BCUT2D eigenvalue weighted by molar-refractivity contribution is 5.46. The molecule has 0 radical (unpaired) electrons. The zero-order valence-electron chi connectivity index (χ0n) is 8.80. The van der Waals surface area contributed by atoms with Crippen LogP contribution in [-0.4, -0.2) is 24.1 Å². The summed E-state index contributed by atoms with van der Waals surface area (Å²) in [5, 5.41) is 6.86. The molecule has 76 valence electrons. The predicted octanol–water partition coefficient (Wildman–Crippen LogP) is 1.47. The summed E-state index contributed by atoms with van der Waals surface area (Å²) in [5.74, 6) is 0. The predicted molar refractivity (Wildman–Crippen MR) is 58.6 cm³/mol. The van der Waals surface area contributed by atoms with Crippen LogP contribution in [0.2, 0.25) is 0 Å². The Hall–Kier alpha value is -1.09. The molecule has 0 aliphatic carbocycles.